The molecule has 11 nitrogen and oxygen atoms in total. The zero-order valence-electron chi connectivity index (χ0n) is 20.0. The summed E-state index contributed by atoms with van der Waals surface area (Å²) in [7, 11) is 4.06. The molecule has 2 saturated heterocycles. The topological polar surface area (TPSA) is 120 Å². The molecule has 2 bridgehead atoms. The van der Waals surface area contributed by atoms with E-state index in [9.17, 15) is 15.0 Å². The van der Waals surface area contributed by atoms with Gasteiger partial charge in [-0.05, 0) is 51.2 Å². The lowest BCUT2D eigenvalue weighted by molar-refractivity contribution is 0.0303. The number of carbonyl (C=O) groups is 1. The second kappa shape index (κ2) is 9.76. The molecule has 2 fully saturated rings. The summed E-state index contributed by atoms with van der Waals surface area (Å²) in [5.41, 5.74) is 2.04. The molecule has 5 rings (SSSR count). The van der Waals surface area contributed by atoms with Gasteiger partial charge in [0, 0.05) is 30.9 Å². The summed E-state index contributed by atoms with van der Waals surface area (Å²) >= 11 is 0. The molecule has 0 radical (unpaired) electrons. The first-order chi connectivity index (χ1) is 16.9. The zero-order chi connectivity index (χ0) is 24.5. The minimum Gasteiger partial charge on any atom is -0.465 e. The third kappa shape index (κ3) is 4.79. The number of nitrogens with zero attached hydrogens (tertiary/aromatic N) is 7. The number of amides is 1. The highest BCUT2D eigenvalue weighted by molar-refractivity contribution is 5.89. The van der Waals surface area contributed by atoms with Gasteiger partial charge in [-0.1, -0.05) is 0 Å². The number of aliphatic hydroxyl groups excluding tert-OH is 1. The normalized spacial score (nSPS) is 19.6. The molecule has 1 amide bonds. The molecule has 2 aliphatic rings. The molecule has 11 heteroatoms. The lowest BCUT2D eigenvalue weighted by atomic mass is 10.1. The lowest BCUT2D eigenvalue weighted by Crippen LogP contribution is -2.43. The Kier molecular flexibility index (Phi) is 6.54. The Balaban J connectivity index is 1.54. The minimum absolute atomic E-state index is 0.00567. The number of aromatic nitrogens is 4. The monoisotopic (exact) mass is 481 g/mol. The highest BCUT2D eigenvalue weighted by Crippen LogP contribution is 2.34. The minimum atomic E-state index is -1.11. The van der Waals surface area contributed by atoms with Crippen molar-refractivity contribution in [2.45, 2.75) is 31.6 Å². The number of aliphatic hydroxyl groups is 1. The SMILES string of the molecule is CN(C)CCn1ncc2c(N3CC4CCC(C3)O4)nc(-c3ccc(N(CCO)C(=O)O)cc3)nc21. The van der Waals surface area contributed by atoms with E-state index in [-0.39, 0.29) is 25.4 Å². The van der Waals surface area contributed by atoms with Gasteiger partial charge in [0.25, 0.3) is 0 Å². The quantitative estimate of drug-likeness (QED) is 0.497. The number of hydrogen-bond acceptors (Lipinski definition) is 8. The van der Waals surface area contributed by atoms with Crippen molar-refractivity contribution in [3.8, 4) is 11.4 Å². The van der Waals surface area contributed by atoms with Crippen LogP contribution < -0.4 is 9.80 Å². The largest absolute Gasteiger partial charge is 0.465 e. The van der Waals surface area contributed by atoms with Crippen LogP contribution in [-0.4, -0.2) is 100 Å². The molecule has 2 atom stereocenters. The Hall–Kier alpha value is -3.28. The van der Waals surface area contributed by atoms with E-state index in [4.69, 9.17) is 14.7 Å². The summed E-state index contributed by atoms with van der Waals surface area (Å²) < 4.78 is 7.96. The zero-order valence-corrected chi connectivity index (χ0v) is 20.0. The number of carboxylic acid groups (broad SMARTS) is 1. The molecule has 2 unspecified atom stereocenters. The smallest absolute Gasteiger partial charge is 0.411 e. The second-order valence-electron chi connectivity index (χ2n) is 9.35. The second-order valence-corrected chi connectivity index (χ2v) is 9.35. The van der Waals surface area contributed by atoms with Crippen molar-refractivity contribution in [1.29, 1.82) is 0 Å². The van der Waals surface area contributed by atoms with Crippen molar-refractivity contribution < 1.29 is 19.7 Å². The molecular formula is C24H31N7O4. The van der Waals surface area contributed by atoms with E-state index < -0.39 is 6.09 Å². The van der Waals surface area contributed by atoms with Crippen LogP contribution in [0.3, 0.4) is 0 Å². The predicted octanol–water partition coefficient (Wildman–Crippen LogP) is 1.90. The van der Waals surface area contributed by atoms with Gasteiger partial charge in [-0.15, -0.1) is 0 Å². The molecule has 2 N–H and O–H groups in total. The molecule has 0 spiro atoms. The number of ether oxygens (including phenoxy) is 1. The first kappa shape index (κ1) is 23.5. The van der Waals surface area contributed by atoms with Gasteiger partial charge in [-0.2, -0.15) is 5.10 Å². The van der Waals surface area contributed by atoms with Gasteiger partial charge >= 0.3 is 6.09 Å². The maximum Gasteiger partial charge on any atom is 0.411 e. The Morgan fingerprint density at radius 3 is 2.46 bits per heavy atom. The Labute approximate surface area is 203 Å². The fraction of sp³-hybridized carbons (Fsp3) is 0.500. The van der Waals surface area contributed by atoms with Gasteiger partial charge in [0.15, 0.2) is 11.5 Å². The number of rotatable bonds is 8. The van der Waals surface area contributed by atoms with Gasteiger partial charge in [0.2, 0.25) is 0 Å². The van der Waals surface area contributed by atoms with Crippen LogP contribution in [0.25, 0.3) is 22.4 Å². The molecule has 4 heterocycles. The average molecular weight is 482 g/mol. The Bertz CT molecular complexity index is 1180. The van der Waals surface area contributed by atoms with Crippen molar-refractivity contribution in [2.24, 2.45) is 0 Å². The number of anilines is 2. The summed E-state index contributed by atoms with van der Waals surface area (Å²) in [6.45, 7) is 2.87. The maximum atomic E-state index is 11.5. The first-order valence-electron chi connectivity index (χ1n) is 11.9. The highest BCUT2D eigenvalue weighted by atomic mass is 16.5. The van der Waals surface area contributed by atoms with Crippen LogP contribution in [0.15, 0.2) is 30.5 Å². The molecule has 2 aromatic heterocycles. The number of morpholine rings is 1. The van der Waals surface area contributed by atoms with Crippen LogP contribution in [0.2, 0.25) is 0 Å². The van der Waals surface area contributed by atoms with Crippen LogP contribution in [-0.2, 0) is 11.3 Å². The number of likely N-dealkylation sites (N-methyl/N-ethyl adjacent to an activating group) is 1. The molecule has 3 aromatic rings. The van der Waals surface area contributed by atoms with Gasteiger partial charge in [-0.25, -0.2) is 19.4 Å². The van der Waals surface area contributed by atoms with E-state index in [1.54, 1.807) is 12.1 Å². The highest BCUT2D eigenvalue weighted by Gasteiger charge is 2.35. The lowest BCUT2D eigenvalue weighted by Gasteiger charge is -2.33. The number of hydrogen-bond donors (Lipinski definition) is 2. The third-order valence-corrected chi connectivity index (χ3v) is 6.57. The van der Waals surface area contributed by atoms with Crippen molar-refractivity contribution in [1.82, 2.24) is 24.6 Å². The summed E-state index contributed by atoms with van der Waals surface area (Å²) in [5, 5.41) is 24.2. The third-order valence-electron chi connectivity index (χ3n) is 6.57. The van der Waals surface area contributed by atoms with Gasteiger partial charge < -0.3 is 24.7 Å². The molecule has 186 valence electrons. The fourth-order valence-corrected chi connectivity index (χ4v) is 4.78. The van der Waals surface area contributed by atoms with Crippen molar-refractivity contribution in [3.63, 3.8) is 0 Å². The van der Waals surface area contributed by atoms with Gasteiger partial charge in [-0.3, -0.25) is 4.90 Å². The van der Waals surface area contributed by atoms with Crippen LogP contribution in [0, 0.1) is 0 Å². The Morgan fingerprint density at radius 1 is 1.11 bits per heavy atom. The van der Waals surface area contributed by atoms with Crippen LogP contribution in [0.1, 0.15) is 12.8 Å². The van der Waals surface area contributed by atoms with Crippen LogP contribution in [0.5, 0.6) is 0 Å². The van der Waals surface area contributed by atoms with E-state index in [0.717, 1.165) is 59.8 Å². The molecule has 0 saturated carbocycles. The Morgan fingerprint density at radius 2 is 1.83 bits per heavy atom. The van der Waals surface area contributed by atoms with Gasteiger partial charge in [0.1, 0.15) is 5.82 Å². The number of fused-ring (bicyclic) bond motifs is 3. The molecular weight excluding hydrogens is 450 g/mol. The summed E-state index contributed by atoms with van der Waals surface area (Å²) in [6, 6.07) is 7.06. The average Bonchev–Trinajstić information content (AvgIpc) is 3.42. The fourth-order valence-electron chi connectivity index (χ4n) is 4.78. The van der Waals surface area contributed by atoms with E-state index in [2.05, 4.69) is 14.9 Å². The predicted molar refractivity (Wildman–Crippen MR) is 132 cm³/mol. The standard InChI is InChI=1S/C24H31N7O4/c1-28(2)9-10-31-23-20(13-25-31)22(29-14-18-7-8-19(15-29)35-18)26-21(27-23)16-3-5-17(6-4-16)30(11-12-32)24(33)34/h3-6,13,18-19,32H,7-12,14-15H2,1-2H3,(H,33,34). The van der Waals surface area contributed by atoms with Crippen molar-refractivity contribution >= 4 is 28.6 Å². The van der Waals surface area contributed by atoms with E-state index in [1.807, 2.05) is 37.1 Å². The van der Waals surface area contributed by atoms with Crippen molar-refractivity contribution in [3.05, 3.63) is 30.5 Å². The van der Waals surface area contributed by atoms with E-state index >= 15 is 0 Å². The summed E-state index contributed by atoms with van der Waals surface area (Å²) in [6.07, 6.45) is 3.32. The van der Waals surface area contributed by atoms with E-state index in [0.29, 0.717) is 18.1 Å². The molecule has 0 aliphatic carbocycles. The van der Waals surface area contributed by atoms with Crippen molar-refractivity contribution in [2.75, 3.05) is 56.7 Å². The number of benzene rings is 1. The summed E-state index contributed by atoms with van der Waals surface area (Å²) in [4.78, 5) is 26.9. The van der Waals surface area contributed by atoms with Crippen LogP contribution >= 0.6 is 0 Å². The molecule has 35 heavy (non-hydrogen) atoms. The summed E-state index contributed by atoms with van der Waals surface area (Å²) in [5.74, 6) is 1.42. The van der Waals surface area contributed by atoms with Gasteiger partial charge in [0.05, 0.1) is 43.5 Å². The molecule has 2 aliphatic heterocycles. The molecule has 1 aromatic carbocycles. The van der Waals surface area contributed by atoms with Crippen LogP contribution in [0.4, 0.5) is 16.3 Å². The van der Waals surface area contributed by atoms with E-state index in [1.165, 1.54) is 0 Å². The first-order valence-corrected chi connectivity index (χ1v) is 11.9. The maximum absolute atomic E-state index is 11.5.